The molecule has 0 spiro atoms. The van der Waals surface area contributed by atoms with Crippen LogP contribution in [0.1, 0.15) is 31.2 Å². The van der Waals surface area contributed by atoms with E-state index in [-0.39, 0.29) is 24.0 Å². The second-order valence-electron chi connectivity index (χ2n) is 5.41. The van der Waals surface area contributed by atoms with E-state index in [2.05, 4.69) is 22.8 Å². The van der Waals surface area contributed by atoms with Crippen LogP contribution >= 0.6 is 0 Å². The Morgan fingerprint density at radius 1 is 1.47 bits per heavy atom. The monoisotopic (exact) mass is 260 g/mol. The first-order chi connectivity index (χ1) is 9.24. The summed E-state index contributed by atoms with van der Waals surface area (Å²) in [7, 11) is 0. The Hall–Kier alpha value is -1.55. The van der Waals surface area contributed by atoms with Crippen LogP contribution in [0.4, 0.5) is 5.69 Å². The van der Waals surface area contributed by atoms with Gasteiger partial charge in [-0.25, -0.2) is 0 Å². The summed E-state index contributed by atoms with van der Waals surface area (Å²) in [4.78, 5) is 12.1. The minimum Gasteiger partial charge on any atom is -0.384 e. The maximum absolute atomic E-state index is 12.1. The van der Waals surface area contributed by atoms with Crippen molar-refractivity contribution in [1.29, 1.82) is 0 Å². The van der Waals surface area contributed by atoms with Gasteiger partial charge in [-0.15, -0.1) is 0 Å². The van der Waals surface area contributed by atoms with Crippen molar-refractivity contribution in [3.8, 4) is 0 Å². The number of hydrogen-bond donors (Lipinski definition) is 2. The highest BCUT2D eigenvalue weighted by Crippen LogP contribution is 2.33. The Balaban J connectivity index is 1.59. The van der Waals surface area contributed by atoms with Crippen LogP contribution in [0.2, 0.25) is 0 Å². The van der Waals surface area contributed by atoms with Gasteiger partial charge in [0.25, 0.3) is 0 Å². The Kier molecular flexibility index (Phi) is 3.42. The topological polar surface area (TPSA) is 50.4 Å². The number of para-hydroxylation sites is 1. The van der Waals surface area contributed by atoms with E-state index in [0.29, 0.717) is 6.42 Å². The predicted octanol–water partition coefficient (Wildman–Crippen LogP) is 1.88. The normalized spacial score (nSPS) is 28.8. The van der Waals surface area contributed by atoms with Crippen molar-refractivity contribution in [2.24, 2.45) is 0 Å². The summed E-state index contributed by atoms with van der Waals surface area (Å²) in [5, 5.41) is 6.45. The summed E-state index contributed by atoms with van der Waals surface area (Å²) in [5.74, 6) is 0.416. The fraction of sp³-hybridized carbons (Fsp3) is 0.533. The van der Waals surface area contributed by atoms with E-state index in [0.717, 1.165) is 25.3 Å². The van der Waals surface area contributed by atoms with Gasteiger partial charge in [-0.05, 0) is 25.0 Å². The van der Waals surface area contributed by atoms with Gasteiger partial charge in [-0.3, -0.25) is 4.79 Å². The lowest BCUT2D eigenvalue weighted by Crippen LogP contribution is -2.39. The zero-order valence-electron chi connectivity index (χ0n) is 11.2. The van der Waals surface area contributed by atoms with Gasteiger partial charge in [-0.1, -0.05) is 18.2 Å². The molecule has 0 radical (unpaired) electrons. The van der Waals surface area contributed by atoms with Crippen LogP contribution in [-0.2, 0) is 9.53 Å². The van der Waals surface area contributed by atoms with Gasteiger partial charge in [0.1, 0.15) is 0 Å². The molecule has 102 valence electrons. The van der Waals surface area contributed by atoms with Gasteiger partial charge in [-0.2, -0.15) is 0 Å². The quantitative estimate of drug-likeness (QED) is 0.872. The summed E-state index contributed by atoms with van der Waals surface area (Å²) in [6, 6.07) is 8.40. The molecule has 4 nitrogen and oxygen atoms in total. The number of anilines is 1. The van der Waals surface area contributed by atoms with Crippen LogP contribution in [-0.4, -0.2) is 31.2 Å². The Bertz CT molecular complexity index is 475. The Morgan fingerprint density at radius 2 is 2.32 bits per heavy atom. The molecule has 1 amide bonds. The van der Waals surface area contributed by atoms with E-state index in [1.165, 1.54) is 5.56 Å². The third-order valence-corrected chi connectivity index (χ3v) is 4.09. The number of benzene rings is 1. The Morgan fingerprint density at radius 3 is 3.11 bits per heavy atom. The van der Waals surface area contributed by atoms with Crippen LogP contribution in [0.5, 0.6) is 0 Å². The zero-order chi connectivity index (χ0) is 13.2. The first-order valence-electron chi connectivity index (χ1n) is 6.98. The Labute approximate surface area is 113 Å². The SMILES string of the molecule is CC1OCCC1NC(=O)CC1CNc2ccccc21. The molecule has 3 atom stereocenters. The van der Waals surface area contributed by atoms with Gasteiger partial charge in [0.05, 0.1) is 12.1 Å². The molecule has 1 saturated heterocycles. The molecule has 2 aliphatic rings. The molecule has 3 rings (SSSR count). The largest absolute Gasteiger partial charge is 0.384 e. The van der Waals surface area contributed by atoms with E-state index in [1.807, 2.05) is 19.1 Å². The van der Waals surface area contributed by atoms with Crippen molar-refractivity contribution in [2.45, 2.75) is 37.8 Å². The number of rotatable bonds is 3. The van der Waals surface area contributed by atoms with Crippen molar-refractivity contribution in [3.63, 3.8) is 0 Å². The smallest absolute Gasteiger partial charge is 0.220 e. The fourth-order valence-corrected chi connectivity index (χ4v) is 2.95. The second kappa shape index (κ2) is 5.21. The van der Waals surface area contributed by atoms with E-state index in [4.69, 9.17) is 4.74 Å². The zero-order valence-corrected chi connectivity index (χ0v) is 11.2. The molecule has 0 aliphatic carbocycles. The summed E-state index contributed by atoms with van der Waals surface area (Å²) in [5.41, 5.74) is 2.42. The predicted molar refractivity (Wildman–Crippen MR) is 74.3 cm³/mol. The average molecular weight is 260 g/mol. The van der Waals surface area contributed by atoms with Crippen LogP contribution in [0, 0.1) is 0 Å². The van der Waals surface area contributed by atoms with Crippen molar-refractivity contribution in [1.82, 2.24) is 5.32 Å². The molecule has 1 aromatic carbocycles. The highest BCUT2D eigenvalue weighted by molar-refractivity contribution is 5.78. The first kappa shape index (κ1) is 12.5. The molecule has 0 saturated carbocycles. The van der Waals surface area contributed by atoms with E-state index in [1.54, 1.807) is 0 Å². The summed E-state index contributed by atoms with van der Waals surface area (Å²) in [6.07, 6.45) is 1.61. The van der Waals surface area contributed by atoms with Crippen molar-refractivity contribution in [3.05, 3.63) is 29.8 Å². The molecule has 4 heteroatoms. The lowest BCUT2D eigenvalue weighted by atomic mass is 9.97. The minimum absolute atomic E-state index is 0.130. The van der Waals surface area contributed by atoms with Crippen LogP contribution < -0.4 is 10.6 Å². The van der Waals surface area contributed by atoms with Crippen molar-refractivity contribution in [2.75, 3.05) is 18.5 Å². The molecule has 2 N–H and O–H groups in total. The summed E-state index contributed by atoms with van der Waals surface area (Å²) >= 11 is 0. The van der Waals surface area contributed by atoms with Crippen molar-refractivity contribution < 1.29 is 9.53 Å². The number of nitrogens with one attached hydrogen (secondary N) is 2. The average Bonchev–Trinajstić information content (AvgIpc) is 2.98. The number of ether oxygens (including phenoxy) is 1. The number of carbonyl (C=O) groups is 1. The van der Waals surface area contributed by atoms with Crippen molar-refractivity contribution >= 4 is 11.6 Å². The molecule has 19 heavy (non-hydrogen) atoms. The van der Waals surface area contributed by atoms with E-state index >= 15 is 0 Å². The third kappa shape index (κ3) is 2.59. The molecular formula is C15H20N2O2. The van der Waals surface area contributed by atoms with Crippen LogP contribution in [0.25, 0.3) is 0 Å². The molecule has 0 bridgehead atoms. The number of fused-ring (bicyclic) bond motifs is 1. The number of hydrogen-bond acceptors (Lipinski definition) is 3. The summed E-state index contributed by atoms with van der Waals surface area (Å²) < 4.78 is 5.47. The molecule has 3 unspecified atom stereocenters. The second-order valence-corrected chi connectivity index (χ2v) is 5.41. The molecule has 2 heterocycles. The maximum atomic E-state index is 12.1. The standard InChI is InChI=1S/C15H20N2O2/c1-10-13(6-7-19-10)17-15(18)8-11-9-16-14-5-3-2-4-12(11)14/h2-5,10-11,13,16H,6-9H2,1H3,(H,17,18). The number of carbonyl (C=O) groups excluding carboxylic acids is 1. The first-order valence-corrected chi connectivity index (χ1v) is 6.98. The minimum atomic E-state index is 0.130. The van der Waals surface area contributed by atoms with E-state index < -0.39 is 0 Å². The number of amides is 1. The van der Waals surface area contributed by atoms with Gasteiger partial charge < -0.3 is 15.4 Å². The van der Waals surface area contributed by atoms with Crippen LogP contribution in [0.3, 0.4) is 0 Å². The highest BCUT2D eigenvalue weighted by Gasteiger charge is 2.28. The van der Waals surface area contributed by atoms with Gasteiger partial charge >= 0.3 is 0 Å². The maximum Gasteiger partial charge on any atom is 0.220 e. The molecule has 1 aromatic rings. The molecule has 1 fully saturated rings. The lowest BCUT2D eigenvalue weighted by Gasteiger charge is -2.17. The van der Waals surface area contributed by atoms with E-state index in [9.17, 15) is 4.79 Å². The van der Waals surface area contributed by atoms with Gasteiger partial charge in [0, 0.05) is 31.2 Å². The van der Waals surface area contributed by atoms with Gasteiger partial charge in [0.15, 0.2) is 0 Å². The third-order valence-electron chi connectivity index (χ3n) is 4.09. The fourth-order valence-electron chi connectivity index (χ4n) is 2.95. The molecule has 2 aliphatic heterocycles. The van der Waals surface area contributed by atoms with Gasteiger partial charge in [0.2, 0.25) is 5.91 Å². The summed E-state index contributed by atoms with van der Waals surface area (Å²) in [6.45, 7) is 3.62. The van der Waals surface area contributed by atoms with Crippen LogP contribution in [0.15, 0.2) is 24.3 Å². The highest BCUT2D eigenvalue weighted by atomic mass is 16.5. The lowest BCUT2D eigenvalue weighted by molar-refractivity contribution is -0.122. The molecule has 0 aromatic heterocycles. The molecular weight excluding hydrogens is 240 g/mol.